The molecule has 1 saturated heterocycles. The molecule has 1 radical (unpaired) electrons. The average Bonchev–Trinajstić information content (AvgIpc) is 2.34. The topological polar surface area (TPSA) is 29.4 Å². The lowest BCUT2D eigenvalue weighted by Gasteiger charge is -2.10. The molecule has 0 amide bonds. The molecule has 0 aromatic heterocycles. The maximum atomic E-state index is 4.31. The van der Waals surface area contributed by atoms with E-state index in [1.807, 2.05) is 0 Å². The van der Waals surface area contributed by atoms with Gasteiger partial charge in [-0.05, 0) is 6.42 Å². The summed E-state index contributed by atoms with van der Waals surface area (Å²) in [7, 11) is 0. The normalized spacial score (nSPS) is 21.0. The predicted octanol–water partition coefficient (Wildman–Crippen LogP) is -0.221. The maximum absolute atomic E-state index is 4.31. The third kappa shape index (κ3) is 2.30. The van der Waals surface area contributed by atoms with Gasteiger partial charge in [0.05, 0.1) is 6.67 Å². The van der Waals surface area contributed by atoms with Gasteiger partial charge in [0.25, 0.3) is 0 Å². The van der Waals surface area contributed by atoms with Gasteiger partial charge < -0.3 is 5.32 Å². The number of nitrogens with zero attached hydrogens (tertiary/aromatic N) is 2. The summed E-state index contributed by atoms with van der Waals surface area (Å²) in [6, 6.07) is 0. The van der Waals surface area contributed by atoms with Crippen LogP contribution in [0.3, 0.4) is 0 Å². The van der Waals surface area contributed by atoms with E-state index >= 15 is 0 Å². The highest BCUT2D eigenvalue weighted by atomic mass is 15.6. The molecule has 0 saturated carbocycles. The van der Waals surface area contributed by atoms with Crippen molar-refractivity contribution in [2.75, 3.05) is 26.3 Å². The Morgan fingerprint density at radius 3 is 3.11 bits per heavy atom. The second-order valence-electron chi connectivity index (χ2n) is 2.25. The minimum Gasteiger partial charge on any atom is -0.302 e. The van der Waals surface area contributed by atoms with Gasteiger partial charge in [0.15, 0.2) is 0 Å². The number of rotatable bonds is 3. The van der Waals surface area contributed by atoms with Gasteiger partial charge in [-0.2, -0.15) is 5.43 Å². The molecule has 3 nitrogen and oxygen atoms in total. The van der Waals surface area contributed by atoms with Crippen LogP contribution < -0.4 is 10.7 Å². The maximum Gasteiger partial charge on any atom is 0.0638 e. The molecule has 1 fully saturated rings. The Balaban J connectivity index is 1.98. The number of hydrogen-bond acceptors (Lipinski definition) is 2. The quantitative estimate of drug-likeness (QED) is 0.569. The van der Waals surface area contributed by atoms with Crippen LogP contribution in [-0.2, 0) is 0 Å². The van der Waals surface area contributed by atoms with Gasteiger partial charge in [0.2, 0.25) is 0 Å². The van der Waals surface area contributed by atoms with Crippen LogP contribution >= 0.6 is 0 Å². The predicted molar refractivity (Wildman–Crippen MR) is 36.9 cm³/mol. The first-order valence-corrected chi connectivity index (χ1v) is 3.56. The third-order valence-corrected chi connectivity index (χ3v) is 1.36. The molecule has 0 atom stereocenters. The molecule has 0 aliphatic carbocycles. The van der Waals surface area contributed by atoms with E-state index in [9.17, 15) is 0 Å². The summed E-state index contributed by atoms with van der Waals surface area (Å²) in [6.07, 6.45) is 1.15. The molecular weight excluding hydrogens is 114 g/mol. The highest BCUT2D eigenvalue weighted by molar-refractivity contribution is 4.60. The van der Waals surface area contributed by atoms with E-state index in [4.69, 9.17) is 0 Å². The van der Waals surface area contributed by atoms with Gasteiger partial charge in [-0.3, -0.25) is 0 Å². The van der Waals surface area contributed by atoms with Crippen LogP contribution in [-0.4, -0.2) is 31.3 Å². The summed E-state index contributed by atoms with van der Waals surface area (Å²) < 4.78 is 0. The third-order valence-electron chi connectivity index (χ3n) is 1.36. The van der Waals surface area contributed by atoms with Crippen molar-refractivity contribution in [2.24, 2.45) is 0 Å². The van der Waals surface area contributed by atoms with Crippen LogP contribution in [0.15, 0.2) is 0 Å². The van der Waals surface area contributed by atoms with E-state index in [-0.39, 0.29) is 0 Å². The molecular formula is C6H14N3. The number of nitrogens with one attached hydrogen (secondary N) is 1. The first kappa shape index (κ1) is 6.99. The molecule has 1 N–H and O–H groups in total. The van der Waals surface area contributed by atoms with Crippen molar-refractivity contribution >= 4 is 0 Å². The Labute approximate surface area is 56.4 Å². The first-order chi connectivity index (χ1) is 4.43. The van der Waals surface area contributed by atoms with Crippen molar-refractivity contribution < 1.29 is 0 Å². The molecule has 0 aromatic carbocycles. The lowest BCUT2D eigenvalue weighted by molar-refractivity contribution is 0.225. The lowest BCUT2D eigenvalue weighted by Crippen LogP contribution is -2.30. The van der Waals surface area contributed by atoms with Crippen molar-refractivity contribution in [3.05, 3.63) is 0 Å². The highest BCUT2D eigenvalue weighted by Crippen LogP contribution is 1.88. The number of hydrogen-bond donors (Lipinski definition) is 1. The first-order valence-electron chi connectivity index (χ1n) is 3.56. The Morgan fingerprint density at radius 1 is 1.67 bits per heavy atom. The van der Waals surface area contributed by atoms with Gasteiger partial charge >= 0.3 is 0 Å². The van der Waals surface area contributed by atoms with Crippen LogP contribution in [0.1, 0.15) is 13.3 Å². The molecule has 1 heterocycles. The molecule has 53 valence electrons. The minimum absolute atomic E-state index is 0.944. The minimum atomic E-state index is 0.944. The summed E-state index contributed by atoms with van der Waals surface area (Å²) in [5.41, 5.74) is 4.31. The van der Waals surface area contributed by atoms with Crippen molar-refractivity contribution in [3.8, 4) is 0 Å². The van der Waals surface area contributed by atoms with E-state index in [1.165, 1.54) is 0 Å². The van der Waals surface area contributed by atoms with Gasteiger partial charge in [0, 0.05) is 19.6 Å². The van der Waals surface area contributed by atoms with Crippen molar-refractivity contribution in [3.63, 3.8) is 0 Å². The highest BCUT2D eigenvalue weighted by Gasteiger charge is 2.09. The Bertz CT molecular complexity index is 68.7. The Hall–Kier alpha value is -0.120. The summed E-state index contributed by atoms with van der Waals surface area (Å²) in [5, 5.41) is 5.30. The molecule has 0 spiro atoms. The largest absolute Gasteiger partial charge is 0.302 e. The van der Waals surface area contributed by atoms with E-state index in [1.54, 1.807) is 0 Å². The van der Waals surface area contributed by atoms with E-state index in [0.717, 1.165) is 32.7 Å². The zero-order valence-electron chi connectivity index (χ0n) is 5.93. The van der Waals surface area contributed by atoms with Crippen LogP contribution in [0.4, 0.5) is 0 Å². The zero-order valence-corrected chi connectivity index (χ0v) is 5.93. The standard InChI is InChI=1S/C6H14N3/c1-2-3-8-9-5-4-7-6-9/h7H,2-6H2,1H3. The Kier molecular flexibility index (Phi) is 2.97. The zero-order chi connectivity index (χ0) is 6.53. The molecule has 1 aliphatic rings. The molecule has 9 heavy (non-hydrogen) atoms. The summed E-state index contributed by atoms with van der Waals surface area (Å²) >= 11 is 0. The second kappa shape index (κ2) is 3.82. The molecule has 0 unspecified atom stereocenters. The molecule has 1 aliphatic heterocycles. The summed E-state index contributed by atoms with van der Waals surface area (Å²) in [4.78, 5) is 0. The van der Waals surface area contributed by atoms with E-state index in [0.29, 0.717) is 0 Å². The van der Waals surface area contributed by atoms with E-state index in [2.05, 4.69) is 22.7 Å². The fraction of sp³-hybridized carbons (Fsp3) is 1.00. The van der Waals surface area contributed by atoms with Crippen molar-refractivity contribution in [2.45, 2.75) is 13.3 Å². The van der Waals surface area contributed by atoms with Gasteiger partial charge in [0.1, 0.15) is 0 Å². The van der Waals surface area contributed by atoms with Crippen molar-refractivity contribution in [1.29, 1.82) is 0 Å². The summed E-state index contributed by atoms with van der Waals surface area (Å²) in [6.45, 7) is 6.24. The molecule has 3 heteroatoms. The van der Waals surface area contributed by atoms with Gasteiger partial charge in [-0.25, -0.2) is 5.01 Å². The average molecular weight is 128 g/mol. The fourth-order valence-electron chi connectivity index (χ4n) is 0.857. The second-order valence-corrected chi connectivity index (χ2v) is 2.25. The van der Waals surface area contributed by atoms with Crippen LogP contribution in [0.5, 0.6) is 0 Å². The SMILES string of the molecule is CCC[N]N1CCNC1. The van der Waals surface area contributed by atoms with Crippen LogP contribution in [0.2, 0.25) is 0 Å². The molecule has 1 rings (SSSR count). The van der Waals surface area contributed by atoms with Gasteiger partial charge in [-0.15, -0.1) is 0 Å². The monoisotopic (exact) mass is 128 g/mol. The lowest BCUT2D eigenvalue weighted by atomic mass is 10.5. The molecule has 0 aromatic rings. The Morgan fingerprint density at radius 2 is 2.56 bits per heavy atom. The fourth-order valence-corrected chi connectivity index (χ4v) is 0.857. The molecule has 0 bridgehead atoms. The van der Waals surface area contributed by atoms with Gasteiger partial charge in [-0.1, -0.05) is 6.92 Å². The van der Waals surface area contributed by atoms with E-state index < -0.39 is 0 Å². The van der Waals surface area contributed by atoms with Crippen LogP contribution in [0.25, 0.3) is 0 Å². The smallest absolute Gasteiger partial charge is 0.0638 e. The van der Waals surface area contributed by atoms with Crippen molar-refractivity contribution in [1.82, 2.24) is 15.8 Å². The van der Waals surface area contributed by atoms with Crippen LogP contribution in [0, 0.1) is 0 Å². The summed E-state index contributed by atoms with van der Waals surface area (Å²) in [5.74, 6) is 0.